The number of carboxylic acids is 1. The molecule has 0 saturated heterocycles. The topological polar surface area (TPSA) is 83.6 Å². The van der Waals surface area contributed by atoms with Crippen LogP contribution in [0.4, 0.5) is 10.1 Å². The minimum atomic E-state index is -1.08. The Hall–Kier alpha value is -2.11. The molecule has 6 heteroatoms. The molecule has 1 aromatic carbocycles. The summed E-state index contributed by atoms with van der Waals surface area (Å²) >= 11 is 0. The van der Waals surface area contributed by atoms with E-state index in [1.807, 2.05) is 0 Å². The fraction of sp³-hybridized carbons (Fsp3) is 0.333. The summed E-state index contributed by atoms with van der Waals surface area (Å²) < 4.78 is 13.3. The number of hydrogen-bond acceptors (Lipinski definition) is 3. The molecule has 2 rings (SSSR count). The molecule has 5 nitrogen and oxygen atoms in total. The monoisotopic (exact) mass is 252 g/mol. The molecule has 3 N–H and O–H groups in total. The van der Waals surface area contributed by atoms with Gasteiger partial charge in [0.15, 0.2) is 0 Å². The second kappa shape index (κ2) is 4.64. The Morgan fingerprint density at radius 3 is 2.61 bits per heavy atom. The molecular weight excluding hydrogens is 239 g/mol. The van der Waals surface area contributed by atoms with Crippen molar-refractivity contribution in [3.63, 3.8) is 0 Å². The van der Waals surface area contributed by atoms with Crippen LogP contribution in [0.3, 0.4) is 0 Å². The van der Waals surface area contributed by atoms with Crippen molar-refractivity contribution in [2.45, 2.75) is 18.9 Å². The van der Waals surface area contributed by atoms with Crippen molar-refractivity contribution in [1.82, 2.24) is 4.90 Å². The Kier molecular flexibility index (Phi) is 3.18. The second-order valence-electron chi connectivity index (χ2n) is 4.29. The number of amides is 1. The van der Waals surface area contributed by atoms with E-state index in [-0.39, 0.29) is 23.8 Å². The Morgan fingerprint density at radius 1 is 1.44 bits per heavy atom. The van der Waals surface area contributed by atoms with Crippen LogP contribution in [0, 0.1) is 5.82 Å². The van der Waals surface area contributed by atoms with Gasteiger partial charge in [0, 0.05) is 11.6 Å². The number of carbonyl (C=O) groups is 2. The van der Waals surface area contributed by atoms with Crippen LogP contribution in [0.2, 0.25) is 0 Å². The van der Waals surface area contributed by atoms with Gasteiger partial charge in [-0.3, -0.25) is 9.59 Å². The van der Waals surface area contributed by atoms with Gasteiger partial charge in [-0.2, -0.15) is 0 Å². The molecule has 0 unspecified atom stereocenters. The summed E-state index contributed by atoms with van der Waals surface area (Å²) in [6.07, 6.45) is 1.58. The second-order valence-corrected chi connectivity index (χ2v) is 4.29. The van der Waals surface area contributed by atoms with Crippen LogP contribution in [0.5, 0.6) is 0 Å². The summed E-state index contributed by atoms with van der Waals surface area (Å²) in [5, 5.41) is 8.77. The first-order chi connectivity index (χ1) is 8.49. The van der Waals surface area contributed by atoms with Crippen LogP contribution in [0.1, 0.15) is 23.2 Å². The lowest BCUT2D eigenvalue weighted by atomic mass is 10.1. The zero-order valence-electron chi connectivity index (χ0n) is 9.60. The maximum atomic E-state index is 13.3. The van der Waals surface area contributed by atoms with Crippen LogP contribution >= 0.6 is 0 Å². The highest BCUT2D eigenvalue weighted by molar-refractivity contribution is 5.96. The predicted molar refractivity (Wildman–Crippen MR) is 62.5 cm³/mol. The van der Waals surface area contributed by atoms with Crippen molar-refractivity contribution >= 4 is 17.6 Å². The normalized spacial score (nSPS) is 14.3. The number of anilines is 1. The van der Waals surface area contributed by atoms with Crippen molar-refractivity contribution in [2.24, 2.45) is 0 Å². The fourth-order valence-electron chi connectivity index (χ4n) is 1.72. The summed E-state index contributed by atoms with van der Waals surface area (Å²) in [5.41, 5.74) is 5.40. The minimum Gasteiger partial charge on any atom is -0.480 e. The van der Waals surface area contributed by atoms with Crippen molar-refractivity contribution in [3.05, 3.63) is 29.6 Å². The third kappa shape index (κ3) is 2.58. The van der Waals surface area contributed by atoms with Gasteiger partial charge in [0.2, 0.25) is 0 Å². The molecule has 0 spiro atoms. The van der Waals surface area contributed by atoms with Gasteiger partial charge in [0.05, 0.1) is 5.69 Å². The molecule has 0 radical (unpaired) electrons. The molecule has 18 heavy (non-hydrogen) atoms. The van der Waals surface area contributed by atoms with E-state index in [1.54, 1.807) is 0 Å². The molecular formula is C12H13FN2O3. The molecule has 1 amide bonds. The first-order valence-corrected chi connectivity index (χ1v) is 5.57. The Balaban J connectivity index is 2.21. The third-order valence-corrected chi connectivity index (χ3v) is 2.80. The highest BCUT2D eigenvalue weighted by Gasteiger charge is 2.34. The zero-order valence-corrected chi connectivity index (χ0v) is 9.60. The van der Waals surface area contributed by atoms with Gasteiger partial charge in [0.25, 0.3) is 5.91 Å². The zero-order chi connectivity index (χ0) is 13.3. The molecule has 1 saturated carbocycles. The summed E-state index contributed by atoms with van der Waals surface area (Å²) in [4.78, 5) is 24.0. The molecule has 1 aliphatic rings. The van der Waals surface area contributed by atoms with E-state index >= 15 is 0 Å². The van der Waals surface area contributed by atoms with Crippen molar-refractivity contribution in [1.29, 1.82) is 0 Å². The largest absolute Gasteiger partial charge is 0.480 e. The number of benzene rings is 1. The summed E-state index contributed by atoms with van der Waals surface area (Å²) in [6, 6.07) is 3.69. The lowest BCUT2D eigenvalue weighted by Crippen LogP contribution is -2.37. The number of nitrogen functional groups attached to an aromatic ring is 1. The summed E-state index contributed by atoms with van der Waals surface area (Å²) in [6.45, 7) is -0.366. The van der Waals surface area contributed by atoms with E-state index in [9.17, 15) is 14.0 Å². The van der Waals surface area contributed by atoms with E-state index in [2.05, 4.69) is 0 Å². The lowest BCUT2D eigenvalue weighted by molar-refractivity contribution is -0.137. The van der Waals surface area contributed by atoms with Crippen molar-refractivity contribution in [3.8, 4) is 0 Å². The van der Waals surface area contributed by atoms with E-state index < -0.39 is 17.7 Å². The van der Waals surface area contributed by atoms with Gasteiger partial charge >= 0.3 is 5.97 Å². The number of hydrogen-bond donors (Lipinski definition) is 2. The number of aliphatic carboxylic acids is 1. The maximum Gasteiger partial charge on any atom is 0.323 e. The number of halogens is 1. The summed E-state index contributed by atoms with van der Waals surface area (Å²) in [5.74, 6) is -2.23. The fourth-order valence-corrected chi connectivity index (χ4v) is 1.72. The number of carbonyl (C=O) groups excluding carboxylic acids is 1. The predicted octanol–water partition coefficient (Wildman–Crippen LogP) is 1.10. The molecule has 1 fully saturated rings. The van der Waals surface area contributed by atoms with Crippen molar-refractivity contribution < 1.29 is 19.1 Å². The van der Waals surface area contributed by atoms with Crippen LogP contribution in [-0.2, 0) is 4.79 Å². The average molecular weight is 252 g/mol. The smallest absolute Gasteiger partial charge is 0.323 e. The third-order valence-electron chi connectivity index (χ3n) is 2.80. The van der Waals surface area contributed by atoms with E-state index in [0.717, 1.165) is 18.9 Å². The van der Waals surface area contributed by atoms with Gasteiger partial charge in [-0.15, -0.1) is 0 Å². The van der Waals surface area contributed by atoms with Gasteiger partial charge < -0.3 is 15.7 Å². The SMILES string of the molecule is Nc1ccc(C(=O)N(CC(=O)O)C2CC2)cc1F. The molecule has 0 atom stereocenters. The number of nitrogens with zero attached hydrogens (tertiary/aromatic N) is 1. The van der Waals surface area contributed by atoms with Crippen LogP contribution in [0.25, 0.3) is 0 Å². The molecule has 0 bridgehead atoms. The Bertz CT molecular complexity index is 500. The minimum absolute atomic E-state index is 0.0391. The molecule has 0 heterocycles. The van der Waals surface area contributed by atoms with Gasteiger partial charge in [0.1, 0.15) is 12.4 Å². The van der Waals surface area contributed by atoms with E-state index in [0.29, 0.717) is 0 Å². The average Bonchev–Trinajstić information content (AvgIpc) is 3.12. The molecule has 0 aromatic heterocycles. The molecule has 0 aliphatic heterocycles. The Labute approximate surface area is 103 Å². The van der Waals surface area contributed by atoms with Gasteiger partial charge in [-0.1, -0.05) is 0 Å². The highest BCUT2D eigenvalue weighted by Crippen LogP contribution is 2.28. The standard InChI is InChI=1S/C12H13FN2O3/c13-9-5-7(1-4-10(9)14)12(18)15(6-11(16)17)8-2-3-8/h1,4-5,8H,2-3,6,14H2,(H,16,17). The lowest BCUT2D eigenvalue weighted by Gasteiger charge is -2.20. The van der Waals surface area contributed by atoms with Gasteiger partial charge in [-0.05, 0) is 31.0 Å². The van der Waals surface area contributed by atoms with Crippen molar-refractivity contribution in [2.75, 3.05) is 12.3 Å². The first-order valence-electron chi connectivity index (χ1n) is 5.57. The van der Waals surface area contributed by atoms with Crippen LogP contribution in [-0.4, -0.2) is 34.5 Å². The number of nitrogens with two attached hydrogens (primary N) is 1. The van der Waals surface area contributed by atoms with Gasteiger partial charge in [-0.25, -0.2) is 4.39 Å². The Morgan fingerprint density at radius 2 is 2.11 bits per heavy atom. The molecule has 1 aliphatic carbocycles. The highest BCUT2D eigenvalue weighted by atomic mass is 19.1. The quantitative estimate of drug-likeness (QED) is 0.786. The number of rotatable bonds is 4. The van der Waals surface area contributed by atoms with Crippen LogP contribution < -0.4 is 5.73 Å². The van der Waals surface area contributed by atoms with Crippen LogP contribution in [0.15, 0.2) is 18.2 Å². The van der Waals surface area contributed by atoms with E-state index in [1.165, 1.54) is 17.0 Å². The summed E-state index contributed by atoms with van der Waals surface area (Å²) in [7, 11) is 0. The maximum absolute atomic E-state index is 13.3. The number of carboxylic acid groups (broad SMARTS) is 1. The molecule has 1 aromatic rings. The first kappa shape index (κ1) is 12.3. The molecule has 96 valence electrons. The van der Waals surface area contributed by atoms with E-state index in [4.69, 9.17) is 10.8 Å².